The number of hydrogen-bond acceptors (Lipinski definition) is 3. The number of nitrogens with one attached hydrogen (secondary N) is 1. The second-order valence-corrected chi connectivity index (χ2v) is 7.92. The van der Waals surface area contributed by atoms with E-state index in [4.69, 9.17) is 5.14 Å². The van der Waals surface area contributed by atoms with Crippen LogP contribution in [0.1, 0.15) is 46.2 Å². The number of primary sulfonamides is 1. The van der Waals surface area contributed by atoms with Gasteiger partial charge in [0.15, 0.2) is 0 Å². The molecular formula is C15H26N2O2S. The lowest BCUT2D eigenvalue weighted by Crippen LogP contribution is -2.34. The average molecular weight is 298 g/mol. The molecule has 1 rings (SSSR count). The molecule has 1 atom stereocenters. The van der Waals surface area contributed by atoms with E-state index in [1.54, 1.807) is 24.3 Å². The third-order valence-corrected chi connectivity index (χ3v) is 5.06. The molecule has 3 N–H and O–H groups in total. The molecule has 0 aromatic heterocycles. The summed E-state index contributed by atoms with van der Waals surface area (Å²) in [6.45, 7) is 11.9. The minimum atomic E-state index is -3.61. The number of hydrogen-bond donors (Lipinski definition) is 2. The van der Waals surface area contributed by atoms with E-state index in [1.165, 1.54) is 0 Å². The monoisotopic (exact) mass is 298 g/mol. The fraction of sp³-hybridized carbons (Fsp3) is 0.600. The van der Waals surface area contributed by atoms with Gasteiger partial charge < -0.3 is 5.32 Å². The zero-order valence-electron chi connectivity index (χ0n) is 13.0. The van der Waals surface area contributed by atoms with Gasteiger partial charge in [0.05, 0.1) is 4.90 Å². The van der Waals surface area contributed by atoms with Crippen molar-refractivity contribution < 1.29 is 8.42 Å². The molecule has 20 heavy (non-hydrogen) atoms. The molecule has 0 saturated carbocycles. The van der Waals surface area contributed by atoms with Crippen LogP contribution < -0.4 is 10.5 Å². The van der Waals surface area contributed by atoms with Gasteiger partial charge >= 0.3 is 0 Å². The smallest absolute Gasteiger partial charge is 0.238 e. The highest BCUT2D eigenvalue weighted by molar-refractivity contribution is 7.89. The van der Waals surface area contributed by atoms with Gasteiger partial charge in [-0.25, -0.2) is 13.6 Å². The van der Waals surface area contributed by atoms with Gasteiger partial charge in [-0.05, 0) is 36.0 Å². The highest BCUT2D eigenvalue weighted by atomic mass is 32.2. The molecule has 114 valence electrons. The number of rotatable bonds is 6. The minimum Gasteiger partial charge on any atom is -0.310 e. The first-order valence-electron chi connectivity index (χ1n) is 6.90. The summed E-state index contributed by atoms with van der Waals surface area (Å²) in [5.74, 6) is 0.590. The Morgan fingerprint density at radius 3 is 2.05 bits per heavy atom. The van der Waals surface area contributed by atoms with E-state index in [0.29, 0.717) is 5.92 Å². The lowest BCUT2D eigenvalue weighted by molar-refractivity contribution is 0.230. The Labute approximate surface area is 122 Å². The second kappa shape index (κ2) is 6.24. The van der Waals surface area contributed by atoms with E-state index in [2.05, 4.69) is 39.9 Å². The Kier molecular flexibility index (Phi) is 5.35. The van der Waals surface area contributed by atoms with Gasteiger partial charge in [-0.2, -0.15) is 0 Å². The molecule has 0 spiro atoms. The molecule has 1 aromatic carbocycles. The first-order chi connectivity index (χ1) is 9.04. The number of sulfonamides is 1. The van der Waals surface area contributed by atoms with Crippen molar-refractivity contribution in [2.75, 3.05) is 6.54 Å². The Hall–Kier alpha value is -0.910. The van der Waals surface area contributed by atoms with Crippen LogP contribution in [0.4, 0.5) is 0 Å². The Bertz CT molecular complexity index is 533. The minimum absolute atomic E-state index is 0.149. The van der Waals surface area contributed by atoms with Crippen LogP contribution in [0, 0.1) is 11.3 Å². The molecule has 0 radical (unpaired) electrons. The van der Waals surface area contributed by atoms with Crippen LogP contribution in [-0.2, 0) is 10.0 Å². The molecule has 0 amide bonds. The molecule has 0 heterocycles. The predicted molar refractivity (Wildman–Crippen MR) is 82.9 cm³/mol. The summed E-state index contributed by atoms with van der Waals surface area (Å²) in [5, 5.41) is 8.59. The molecule has 5 heteroatoms. The summed E-state index contributed by atoms with van der Waals surface area (Å²) in [6, 6.07) is 6.88. The Morgan fingerprint density at radius 2 is 1.65 bits per heavy atom. The lowest BCUT2D eigenvalue weighted by Gasteiger charge is -2.31. The van der Waals surface area contributed by atoms with E-state index in [-0.39, 0.29) is 16.4 Å². The first-order valence-corrected chi connectivity index (χ1v) is 8.45. The van der Waals surface area contributed by atoms with Gasteiger partial charge in [-0.1, -0.05) is 39.8 Å². The summed E-state index contributed by atoms with van der Waals surface area (Å²) in [7, 11) is -3.61. The third kappa shape index (κ3) is 4.58. The van der Waals surface area contributed by atoms with Crippen molar-refractivity contribution in [3.05, 3.63) is 29.8 Å². The fourth-order valence-electron chi connectivity index (χ4n) is 1.68. The van der Waals surface area contributed by atoms with Crippen molar-refractivity contribution in [3.8, 4) is 0 Å². The maximum atomic E-state index is 11.2. The first kappa shape index (κ1) is 17.1. The van der Waals surface area contributed by atoms with Crippen LogP contribution >= 0.6 is 0 Å². The average Bonchev–Trinajstić information content (AvgIpc) is 2.35. The molecule has 0 fully saturated rings. The van der Waals surface area contributed by atoms with Crippen LogP contribution in [-0.4, -0.2) is 15.0 Å². The fourth-order valence-corrected chi connectivity index (χ4v) is 2.20. The summed E-state index contributed by atoms with van der Waals surface area (Å²) >= 11 is 0. The molecule has 0 saturated heterocycles. The highest BCUT2D eigenvalue weighted by Gasteiger charge is 2.22. The topological polar surface area (TPSA) is 72.2 Å². The van der Waals surface area contributed by atoms with Crippen LogP contribution in [0.15, 0.2) is 29.2 Å². The molecule has 0 aliphatic heterocycles. The second-order valence-electron chi connectivity index (χ2n) is 6.36. The molecule has 4 nitrogen and oxygen atoms in total. The van der Waals surface area contributed by atoms with Gasteiger partial charge in [0.2, 0.25) is 10.0 Å². The van der Waals surface area contributed by atoms with Crippen molar-refractivity contribution in [1.82, 2.24) is 5.32 Å². The van der Waals surface area contributed by atoms with Crippen molar-refractivity contribution in [2.45, 2.75) is 45.6 Å². The van der Waals surface area contributed by atoms with Crippen molar-refractivity contribution >= 4 is 10.0 Å². The van der Waals surface area contributed by atoms with Gasteiger partial charge in [-0.15, -0.1) is 0 Å². The molecule has 0 aliphatic carbocycles. The van der Waals surface area contributed by atoms with Gasteiger partial charge in [0.25, 0.3) is 0 Å². The maximum Gasteiger partial charge on any atom is 0.238 e. The molecule has 1 unspecified atom stereocenters. The van der Waals surface area contributed by atoms with Crippen molar-refractivity contribution in [1.29, 1.82) is 0 Å². The Morgan fingerprint density at radius 1 is 1.15 bits per heavy atom. The standard InChI is InChI=1S/C15H26N2O2S/c1-11(2)15(4,5)10-17-12(3)13-6-8-14(9-7-13)20(16,18)19/h6-9,11-12,17H,10H2,1-5H3,(H2,16,18,19). The van der Waals surface area contributed by atoms with Crippen LogP contribution in [0.2, 0.25) is 0 Å². The van der Waals surface area contributed by atoms with Crippen LogP contribution in [0.3, 0.4) is 0 Å². The van der Waals surface area contributed by atoms with Crippen LogP contribution in [0.5, 0.6) is 0 Å². The largest absolute Gasteiger partial charge is 0.310 e. The van der Waals surface area contributed by atoms with Gasteiger partial charge in [0.1, 0.15) is 0 Å². The van der Waals surface area contributed by atoms with E-state index in [0.717, 1.165) is 12.1 Å². The summed E-state index contributed by atoms with van der Waals surface area (Å²) < 4.78 is 22.4. The van der Waals surface area contributed by atoms with Crippen molar-refractivity contribution in [3.63, 3.8) is 0 Å². The SMILES string of the molecule is CC(NCC(C)(C)C(C)C)c1ccc(S(N)(=O)=O)cc1. The number of benzene rings is 1. The molecule has 1 aromatic rings. The summed E-state index contributed by atoms with van der Waals surface area (Å²) in [6.07, 6.45) is 0. The molecule has 0 bridgehead atoms. The van der Waals surface area contributed by atoms with Gasteiger partial charge in [-0.3, -0.25) is 0 Å². The predicted octanol–water partition coefficient (Wildman–Crippen LogP) is 2.67. The lowest BCUT2D eigenvalue weighted by atomic mass is 9.81. The number of nitrogens with two attached hydrogens (primary N) is 1. The van der Waals surface area contributed by atoms with Crippen molar-refractivity contribution in [2.24, 2.45) is 16.5 Å². The van der Waals surface area contributed by atoms with E-state index < -0.39 is 10.0 Å². The van der Waals surface area contributed by atoms with Gasteiger partial charge in [0, 0.05) is 12.6 Å². The van der Waals surface area contributed by atoms with E-state index in [9.17, 15) is 8.42 Å². The highest BCUT2D eigenvalue weighted by Crippen LogP contribution is 2.26. The quantitative estimate of drug-likeness (QED) is 0.848. The zero-order valence-corrected chi connectivity index (χ0v) is 13.8. The third-order valence-electron chi connectivity index (χ3n) is 4.14. The maximum absolute atomic E-state index is 11.2. The molecular weight excluding hydrogens is 272 g/mol. The van der Waals surface area contributed by atoms with Crippen LogP contribution in [0.25, 0.3) is 0 Å². The van der Waals surface area contributed by atoms with E-state index >= 15 is 0 Å². The molecule has 0 aliphatic rings. The summed E-state index contributed by atoms with van der Waals surface area (Å²) in [5.41, 5.74) is 1.27. The normalized spacial score (nSPS) is 14.6. The van der Waals surface area contributed by atoms with E-state index in [1.807, 2.05) is 0 Å². The zero-order chi connectivity index (χ0) is 15.6. The Balaban J connectivity index is 2.72. The summed E-state index contributed by atoms with van der Waals surface area (Å²) in [4.78, 5) is 0.149.